The van der Waals surface area contributed by atoms with E-state index >= 15 is 0 Å². The third-order valence-electron chi connectivity index (χ3n) is 9.35. The van der Waals surface area contributed by atoms with Crippen molar-refractivity contribution in [3.05, 3.63) is 42.1 Å². The molecule has 3 amide bonds. The average Bonchev–Trinajstić information content (AvgIpc) is 3.59. The number of fused-ring (bicyclic) bond motifs is 1. The third kappa shape index (κ3) is 8.20. The summed E-state index contributed by atoms with van der Waals surface area (Å²) in [4.78, 5) is 67.1. The zero-order chi connectivity index (χ0) is 33.5. The lowest BCUT2D eigenvalue weighted by Gasteiger charge is -2.36. The number of carbonyl (C=O) groups excluding carboxylic acids is 4. The molecule has 3 heterocycles. The van der Waals surface area contributed by atoms with Crippen LogP contribution < -0.4 is 10.2 Å². The van der Waals surface area contributed by atoms with Crippen molar-refractivity contribution in [3.8, 4) is 11.4 Å². The van der Waals surface area contributed by atoms with Gasteiger partial charge in [-0.1, -0.05) is 70.4 Å². The maximum atomic E-state index is 13.8. The highest BCUT2D eigenvalue weighted by Gasteiger charge is 2.60. The van der Waals surface area contributed by atoms with Crippen molar-refractivity contribution in [1.82, 2.24) is 25.1 Å². The fraction of sp³-hybridized carbons (Fsp3) is 0.600. The van der Waals surface area contributed by atoms with Gasteiger partial charge in [-0.15, -0.1) is 0 Å². The first kappa shape index (κ1) is 34.1. The SMILES string of the molecule is CCCCCCOC(=O)N1CCN(C(=O)[C@@H](NC(=O)c2cc(N3C[C@@H]4C(C(=O)OCC)[C@@H]4C3)nc(-c3ccccc3)n2)C(C)C)CC1. The number of carbonyl (C=O) groups is 4. The minimum Gasteiger partial charge on any atom is -0.466 e. The molecule has 3 aliphatic rings. The predicted molar refractivity (Wildman–Crippen MR) is 177 cm³/mol. The quantitative estimate of drug-likeness (QED) is 0.253. The molecule has 0 spiro atoms. The molecule has 2 aromatic rings. The van der Waals surface area contributed by atoms with Crippen LogP contribution in [-0.4, -0.2) is 102 Å². The van der Waals surface area contributed by atoms with Crippen LogP contribution >= 0.6 is 0 Å². The molecule has 1 N–H and O–H groups in total. The Morgan fingerprint density at radius 3 is 2.21 bits per heavy atom. The molecule has 1 aromatic heterocycles. The second-order valence-electron chi connectivity index (χ2n) is 13.0. The molecule has 1 unspecified atom stereocenters. The van der Waals surface area contributed by atoms with E-state index in [-0.39, 0.29) is 47.3 Å². The molecule has 0 radical (unpaired) electrons. The number of ether oxygens (including phenoxy) is 2. The lowest BCUT2D eigenvalue weighted by molar-refractivity contribution is -0.145. The van der Waals surface area contributed by atoms with E-state index in [1.54, 1.807) is 15.9 Å². The summed E-state index contributed by atoms with van der Waals surface area (Å²) < 4.78 is 10.7. The summed E-state index contributed by atoms with van der Waals surface area (Å²) in [7, 11) is 0. The maximum Gasteiger partial charge on any atom is 0.409 e. The number of amides is 3. The van der Waals surface area contributed by atoms with E-state index in [2.05, 4.69) is 22.1 Å². The van der Waals surface area contributed by atoms with Gasteiger partial charge in [0.2, 0.25) is 5.91 Å². The van der Waals surface area contributed by atoms with Gasteiger partial charge < -0.3 is 29.5 Å². The first-order chi connectivity index (χ1) is 22.7. The molecule has 47 heavy (non-hydrogen) atoms. The van der Waals surface area contributed by atoms with Gasteiger partial charge >= 0.3 is 12.1 Å². The van der Waals surface area contributed by atoms with Crippen molar-refractivity contribution in [2.75, 3.05) is 57.4 Å². The minimum atomic E-state index is -0.775. The highest BCUT2D eigenvalue weighted by molar-refractivity contribution is 5.97. The Morgan fingerprint density at radius 2 is 1.57 bits per heavy atom. The number of nitrogens with zero attached hydrogens (tertiary/aromatic N) is 5. The summed E-state index contributed by atoms with van der Waals surface area (Å²) >= 11 is 0. The fourth-order valence-electron chi connectivity index (χ4n) is 6.55. The van der Waals surface area contributed by atoms with Gasteiger partial charge in [-0.25, -0.2) is 14.8 Å². The summed E-state index contributed by atoms with van der Waals surface area (Å²) in [5.41, 5.74) is 0.937. The number of rotatable bonds is 13. The number of aromatic nitrogens is 2. The average molecular weight is 649 g/mol. The number of piperazine rings is 1. The Hall–Kier alpha value is -4.22. The molecule has 1 aliphatic carbocycles. The number of benzene rings is 1. The summed E-state index contributed by atoms with van der Waals surface area (Å²) in [6, 6.07) is 10.4. The van der Waals surface area contributed by atoms with Gasteiger partial charge in [0.05, 0.1) is 19.1 Å². The second kappa shape index (κ2) is 15.6. The van der Waals surface area contributed by atoms with Crippen LogP contribution in [0.25, 0.3) is 11.4 Å². The third-order valence-corrected chi connectivity index (χ3v) is 9.35. The van der Waals surface area contributed by atoms with Gasteiger partial charge in [0, 0.05) is 50.9 Å². The number of piperidine rings is 1. The molecule has 0 bridgehead atoms. The molecule has 2 saturated heterocycles. The lowest BCUT2D eigenvalue weighted by Crippen LogP contribution is -2.57. The molecule has 4 atom stereocenters. The van der Waals surface area contributed by atoms with E-state index in [0.29, 0.717) is 64.1 Å². The predicted octanol–water partition coefficient (Wildman–Crippen LogP) is 4.00. The van der Waals surface area contributed by atoms with Gasteiger partial charge in [-0.05, 0) is 31.1 Å². The Labute approximate surface area is 277 Å². The first-order valence-corrected chi connectivity index (χ1v) is 17.1. The normalized spacial score (nSPS) is 20.9. The Balaban J connectivity index is 1.24. The smallest absolute Gasteiger partial charge is 0.409 e. The molecular formula is C35H48N6O6. The van der Waals surface area contributed by atoms with Crippen LogP contribution in [0.1, 0.15) is 63.9 Å². The lowest BCUT2D eigenvalue weighted by atomic mass is 10.0. The molecule has 254 valence electrons. The topological polar surface area (TPSA) is 134 Å². The number of nitrogens with one attached hydrogen (secondary N) is 1. The number of hydrogen-bond acceptors (Lipinski definition) is 9. The van der Waals surface area contributed by atoms with Gasteiger partial charge in [-0.3, -0.25) is 14.4 Å². The molecule has 3 fully saturated rings. The van der Waals surface area contributed by atoms with Crippen LogP contribution in [0, 0.1) is 23.7 Å². The highest BCUT2D eigenvalue weighted by Crippen LogP contribution is 2.53. The standard InChI is InChI=1S/C35H48N6O6/c1-5-7-8-12-19-47-35(45)40-17-15-39(16-18-40)33(43)30(23(3)4)38-32(42)27-20-28(37-31(36-27)24-13-10-9-11-14-24)41-21-25-26(22-41)29(25)34(44)46-6-2/h9-11,13-14,20,23,25-26,29-30H,5-8,12,15-19,21-22H2,1-4H3,(H,38,42)/t25-,26+,29?,30-/m0/s1. The number of esters is 1. The maximum absolute atomic E-state index is 13.8. The largest absolute Gasteiger partial charge is 0.466 e. The Bertz CT molecular complexity index is 1400. The minimum absolute atomic E-state index is 0.0784. The van der Waals surface area contributed by atoms with Crippen LogP contribution in [0.15, 0.2) is 36.4 Å². The zero-order valence-electron chi connectivity index (χ0n) is 28.0. The molecule has 12 nitrogen and oxygen atoms in total. The van der Waals surface area contributed by atoms with Crippen molar-refractivity contribution in [3.63, 3.8) is 0 Å². The summed E-state index contributed by atoms with van der Waals surface area (Å²) in [5, 5.41) is 2.95. The molecule has 2 aliphatic heterocycles. The fourth-order valence-corrected chi connectivity index (χ4v) is 6.55. The number of hydrogen-bond donors (Lipinski definition) is 1. The van der Waals surface area contributed by atoms with E-state index in [1.165, 1.54) is 0 Å². The van der Waals surface area contributed by atoms with Gasteiger partial charge in [0.25, 0.3) is 5.91 Å². The van der Waals surface area contributed by atoms with Gasteiger partial charge in [0.1, 0.15) is 17.6 Å². The van der Waals surface area contributed by atoms with Crippen molar-refractivity contribution in [2.45, 2.75) is 59.4 Å². The summed E-state index contributed by atoms with van der Waals surface area (Å²) in [6.07, 6.45) is 3.79. The van der Waals surface area contributed by atoms with E-state index in [4.69, 9.17) is 14.5 Å². The molecule has 1 aromatic carbocycles. The van der Waals surface area contributed by atoms with Gasteiger partial charge in [-0.2, -0.15) is 0 Å². The Kier molecular flexibility index (Phi) is 11.3. The van der Waals surface area contributed by atoms with Crippen molar-refractivity contribution >= 4 is 29.7 Å². The Morgan fingerprint density at radius 1 is 0.894 bits per heavy atom. The van der Waals surface area contributed by atoms with Crippen molar-refractivity contribution < 1.29 is 28.7 Å². The van der Waals surface area contributed by atoms with E-state index in [0.717, 1.165) is 31.2 Å². The molecular weight excluding hydrogens is 600 g/mol. The number of unbranched alkanes of at least 4 members (excludes halogenated alkanes) is 3. The first-order valence-electron chi connectivity index (χ1n) is 17.1. The van der Waals surface area contributed by atoms with Gasteiger partial charge in [0.15, 0.2) is 5.82 Å². The summed E-state index contributed by atoms with van der Waals surface area (Å²) in [6.45, 7) is 11.3. The van der Waals surface area contributed by atoms with Crippen molar-refractivity contribution in [1.29, 1.82) is 0 Å². The molecule has 1 saturated carbocycles. The second-order valence-corrected chi connectivity index (χ2v) is 13.0. The van der Waals surface area contributed by atoms with Crippen molar-refractivity contribution in [2.24, 2.45) is 23.7 Å². The molecule has 5 rings (SSSR count). The van der Waals surface area contributed by atoms with Crippen LogP contribution in [-0.2, 0) is 19.1 Å². The monoisotopic (exact) mass is 648 g/mol. The van der Waals surface area contributed by atoms with Crippen LogP contribution in [0.2, 0.25) is 0 Å². The van der Waals surface area contributed by atoms with Crippen LogP contribution in [0.5, 0.6) is 0 Å². The zero-order valence-corrected chi connectivity index (χ0v) is 28.0. The van der Waals surface area contributed by atoms with Crippen LogP contribution in [0.3, 0.4) is 0 Å². The number of anilines is 1. The van der Waals surface area contributed by atoms with E-state index in [1.807, 2.05) is 51.1 Å². The molecule has 12 heteroatoms. The highest BCUT2D eigenvalue weighted by atomic mass is 16.6. The van der Waals surface area contributed by atoms with Crippen LogP contribution in [0.4, 0.5) is 10.6 Å². The van der Waals surface area contributed by atoms with E-state index < -0.39 is 11.9 Å². The summed E-state index contributed by atoms with van der Waals surface area (Å²) in [5.74, 6) is 0.382. The van der Waals surface area contributed by atoms with E-state index in [9.17, 15) is 19.2 Å².